The number of carbonyl (C=O) groups excluding carboxylic acids is 1. The molecule has 7 nitrogen and oxygen atoms in total. The fraction of sp³-hybridized carbons (Fsp3) is 0.154. The molecule has 2 rings (SSSR count). The van der Waals surface area contributed by atoms with E-state index in [2.05, 4.69) is 0 Å². The van der Waals surface area contributed by atoms with Crippen molar-refractivity contribution in [2.75, 3.05) is 0 Å². The van der Waals surface area contributed by atoms with Crippen LogP contribution in [0.25, 0.3) is 0 Å². The molecule has 0 saturated carbocycles. The molecule has 0 unspecified atom stereocenters. The smallest absolute Gasteiger partial charge is 0.312 e. The number of aryl methyl sites for hydroxylation is 1. The lowest BCUT2D eigenvalue weighted by Gasteiger charge is -2.07. The molecule has 0 bridgehead atoms. The molecule has 2 aromatic rings. The van der Waals surface area contributed by atoms with E-state index in [1.165, 1.54) is 28.6 Å². The normalized spacial score (nSPS) is 10.3. The topological polar surface area (TPSA) is 99.1 Å². The van der Waals surface area contributed by atoms with E-state index in [0.717, 1.165) is 5.56 Å². The van der Waals surface area contributed by atoms with Gasteiger partial charge in [-0.2, -0.15) is 0 Å². The van der Waals surface area contributed by atoms with Crippen LogP contribution in [0.5, 0.6) is 0 Å². The largest absolute Gasteiger partial charge is 0.316 e. The number of nitrogens with zero attached hydrogens (tertiary/aromatic N) is 2. The third kappa shape index (κ3) is 2.67. The predicted molar refractivity (Wildman–Crippen MR) is 73.1 cm³/mol. The fourth-order valence-electron chi connectivity index (χ4n) is 1.81. The van der Waals surface area contributed by atoms with Gasteiger partial charge < -0.3 is 9.13 Å². The van der Waals surface area contributed by atoms with Gasteiger partial charge in [-0.05, 0) is 17.7 Å². The molecule has 0 fully saturated rings. The molecule has 0 radical (unpaired) electrons. The fourth-order valence-corrected chi connectivity index (χ4v) is 1.81. The molecule has 0 saturated heterocycles. The average Bonchev–Trinajstić information content (AvgIpc) is 2.47. The van der Waals surface area contributed by atoms with Crippen molar-refractivity contribution in [2.45, 2.75) is 6.54 Å². The highest BCUT2D eigenvalue weighted by Crippen LogP contribution is 2.06. The summed E-state index contributed by atoms with van der Waals surface area (Å²) in [6.45, 7) is 0.209. The summed E-state index contributed by atoms with van der Waals surface area (Å²) in [6.07, 6.45) is 3.04. The van der Waals surface area contributed by atoms with E-state index in [0.29, 0.717) is 5.56 Å². The monoisotopic (exact) mass is 274 g/mol. The number of nitrogens with one attached hydrogen (secondary N) is 1. The maximum absolute atomic E-state index is 11.8. The molecule has 0 aliphatic carbocycles. The van der Waals surface area contributed by atoms with Crippen molar-refractivity contribution in [1.29, 1.82) is 0 Å². The summed E-state index contributed by atoms with van der Waals surface area (Å²) in [5.41, 5.74) is 1.95. The molecule has 0 spiro atoms. The van der Waals surface area contributed by atoms with E-state index in [4.69, 9.17) is 5.84 Å². The van der Waals surface area contributed by atoms with Crippen molar-refractivity contribution in [3.63, 3.8) is 0 Å². The third-order valence-electron chi connectivity index (χ3n) is 2.91. The first-order valence-electron chi connectivity index (χ1n) is 5.89. The molecule has 0 aliphatic heterocycles. The molecule has 3 N–H and O–H groups in total. The molecule has 104 valence electrons. The molecular weight excluding hydrogens is 260 g/mol. The lowest BCUT2D eigenvalue weighted by Crippen LogP contribution is -2.39. The second-order valence-electron chi connectivity index (χ2n) is 4.32. The minimum Gasteiger partial charge on any atom is -0.312 e. The molecule has 1 amide bonds. The molecule has 1 heterocycles. The third-order valence-corrected chi connectivity index (χ3v) is 2.91. The average molecular weight is 274 g/mol. The summed E-state index contributed by atoms with van der Waals surface area (Å²) < 4.78 is 2.51. The van der Waals surface area contributed by atoms with Crippen LogP contribution in [0.3, 0.4) is 0 Å². The number of rotatable bonds is 3. The van der Waals surface area contributed by atoms with Crippen molar-refractivity contribution in [1.82, 2.24) is 14.6 Å². The van der Waals surface area contributed by atoms with Crippen LogP contribution in [0.1, 0.15) is 15.9 Å². The minimum atomic E-state index is -0.608. The molecule has 1 aromatic heterocycles. The Morgan fingerprint density at radius 1 is 1.25 bits per heavy atom. The van der Waals surface area contributed by atoms with Crippen LogP contribution < -0.4 is 22.4 Å². The standard InChI is InChI=1S/C13H14N4O3/c1-16-5-6-17(13(20)12(16)19)8-9-3-2-4-10(7-9)11(18)15-14/h2-7H,8,14H2,1H3,(H,15,18). The minimum absolute atomic E-state index is 0.209. The van der Waals surface area contributed by atoms with Crippen LogP contribution >= 0.6 is 0 Å². The van der Waals surface area contributed by atoms with Crippen molar-refractivity contribution in [2.24, 2.45) is 12.9 Å². The zero-order valence-electron chi connectivity index (χ0n) is 10.9. The SMILES string of the molecule is Cn1ccn(Cc2cccc(C(=O)NN)c2)c(=O)c1=O. The first-order chi connectivity index (χ1) is 9.52. The highest BCUT2D eigenvalue weighted by atomic mass is 16.2. The summed E-state index contributed by atoms with van der Waals surface area (Å²) in [5.74, 6) is 4.65. The molecule has 20 heavy (non-hydrogen) atoms. The second kappa shape index (κ2) is 5.54. The molecule has 0 atom stereocenters. The van der Waals surface area contributed by atoms with Crippen molar-refractivity contribution in [3.8, 4) is 0 Å². The van der Waals surface area contributed by atoms with E-state index < -0.39 is 17.0 Å². The van der Waals surface area contributed by atoms with Crippen LogP contribution in [0.15, 0.2) is 46.2 Å². The number of hydrogen-bond donors (Lipinski definition) is 2. The van der Waals surface area contributed by atoms with Crippen molar-refractivity contribution < 1.29 is 4.79 Å². The highest BCUT2D eigenvalue weighted by Gasteiger charge is 2.06. The molecular formula is C13H14N4O3. The maximum Gasteiger partial charge on any atom is 0.316 e. The van der Waals surface area contributed by atoms with E-state index in [1.54, 1.807) is 24.3 Å². The number of nitrogen functional groups attached to an aromatic ring is 1. The molecule has 0 aliphatic rings. The van der Waals surface area contributed by atoms with Crippen molar-refractivity contribution in [3.05, 3.63) is 68.5 Å². The Hall–Kier alpha value is -2.67. The lowest BCUT2D eigenvalue weighted by molar-refractivity contribution is 0.0953. The highest BCUT2D eigenvalue weighted by molar-refractivity contribution is 5.93. The van der Waals surface area contributed by atoms with Gasteiger partial charge in [-0.3, -0.25) is 19.8 Å². The van der Waals surface area contributed by atoms with Crippen molar-refractivity contribution >= 4 is 5.91 Å². The van der Waals surface area contributed by atoms with Gasteiger partial charge in [-0.1, -0.05) is 12.1 Å². The van der Waals surface area contributed by atoms with Gasteiger partial charge in [-0.25, -0.2) is 5.84 Å². The van der Waals surface area contributed by atoms with Gasteiger partial charge in [0.2, 0.25) is 0 Å². The first-order valence-corrected chi connectivity index (χ1v) is 5.89. The number of hydrogen-bond acceptors (Lipinski definition) is 4. The molecule has 7 heteroatoms. The summed E-state index contributed by atoms with van der Waals surface area (Å²) in [4.78, 5) is 34.8. The second-order valence-corrected chi connectivity index (χ2v) is 4.32. The van der Waals surface area contributed by atoms with E-state index >= 15 is 0 Å². The van der Waals surface area contributed by atoms with Gasteiger partial charge in [0.15, 0.2) is 0 Å². The number of nitrogens with two attached hydrogens (primary N) is 1. The Morgan fingerprint density at radius 3 is 2.70 bits per heavy atom. The Balaban J connectivity index is 2.36. The maximum atomic E-state index is 11.8. The number of carbonyl (C=O) groups is 1. The summed E-state index contributed by atoms with van der Waals surface area (Å²) in [5, 5.41) is 0. The Labute approximate surface area is 114 Å². The van der Waals surface area contributed by atoms with Gasteiger partial charge in [0.1, 0.15) is 0 Å². The summed E-state index contributed by atoms with van der Waals surface area (Å²) in [7, 11) is 1.51. The van der Waals surface area contributed by atoms with Gasteiger partial charge in [0, 0.05) is 25.0 Å². The zero-order valence-corrected chi connectivity index (χ0v) is 10.9. The van der Waals surface area contributed by atoms with Crippen LogP contribution in [-0.2, 0) is 13.6 Å². The van der Waals surface area contributed by atoms with Crippen LogP contribution in [-0.4, -0.2) is 15.0 Å². The lowest BCUT2D eigenvalue weighted by atomic mass is 10.1. The Kier molecular flexibility index (Phi) is 3.81. The summed E-state index contributed by atoms with van der Waals surface area (Å²) in [6, 6.07) is 6.67. The predicted octanol–water partition coefficient (Wildman–Crippen LogP) is -0.801. The quantitative estimate of drug-likeness (QED) is 0.331. The van der Waals surface area contributed by atoms with Gasteiger partial charge in [0.25, 0.3) is 5.91 Å². The first kappa shape index (κ1) is 13.8. The summed E-state index contributed by atoms with van der Waals surface area (Å²) >= 11 is 0. The van der Waals surface area contributed by atoms with Gasteiger partial charge >= 0.3 is 11.1 Å². The van der Waals surface area contributed by atoms with Gasteiger partial charge in [-0.15, -0.1) is 0 Å². The van der Waals surface area contributed by atoms with Gasteiger partial charge in [0.05, 0.1) is 6.54 Å². The van der Waals surface area contributed by atoms with E-state index in [1.807, 2.05) is 5.43 Å². The Morgan fingerprint density at radius 2 is 2.00 bits per heavy atom. The number of amides is 1. The zero-order chi connectivity index (χ0) is 14.7. The Bertz CT molecular complexity index is 761. The van der Waals surface area contributed by atoms with E-state index in [-0.39, 0.29) is 6.54 Å². The van der Waals surface area contributed by atoms with Crippen LogP contribution in [0.4, 0.5) is 0 Å². The number of aromatic nitrogens is 2. The van der Waals surface area contributed by atoms with Crippen LogP contribution in [0.2, 0.25) is 0 Å². The van der Waals surface area contributed by atoms with E-state index in [9.17, 15) is 14.4 Å². The molecule has 1 aromatic carbocycles. The number of hydrazine groups is 1. The number of benzene rings is 1. The van der Waals surface area contributed by atoms with Crippen LogP contribution in [0, 0.1) is 0 Å².